The molecule has 2 aromatic heterocycles. The van der Waals surface area contributed by atoms with Gasteiger partial charge >= 0.3 is 0 Å². The molecule has 0 saturated heterocycles. The number of carbonyl (C=O) groups excluding carboxylic acids is 1. The fourth-order valence-corrected chi connectivity index (χ4v) is 4.66. The predicted molar refractivity (Wildman–Crippen MR) is 122 cm³/mol. The molecule has 1 unspecified atom stereocenters. The van der Waals surface area contributed by atoms with Crippen molar-refractivity contribution in [2.24, 2.45) is 0 Å². The minimum Gasteiger partial charge on any atom is -0.497 e. The van der Waals surface area contributed by atoms with Crippen LogP contribution in [0.25, 0.3) is 16.7 Å². The Morgan fingerprint density at radius 3 is 2.52 bits per heavy atom. The van der Waals surface area contributed by atoms with Crippen LogP contribution in [0.4, 0.5) is 0 Å². The number of aryl methyl sites for hydroxylation is 1. The van der Waals surface area contributed by atoms with Crippen LogP contribution >= 0.6 is 11.8 Å². The van der Waals surface area contributed by atoms with Crippen LogP contribution in [0.2, 0.25) is 0 Å². The second-order valence-corrected chi connectivity index (χ2v) is 8.37. The maximum absolute atomic E-state index is 13.2. The first-order valence-electron chi connectivity index (χ1n) is 10.3. The van der Waals surface area contributed by atoms with Gasteiger partial charge in [-0.15, -0.1) is 10.2 Å². The fourth-order valence-electron chi connectivity index (χ4n) is 3.63. The number of rotatable bonds is 8. The molecule has 0 radical (unpaired) electrons. The molecule has 31 heavy (non-hydrogen) atoms. The number of hydrogen-bond acceptors (Lipinski definition) is 6. The maximum Gasteiger partial charge on any atom is 0.262 e. The normalized spacial score (nSPS) is 12.4. The third-order valence-electron chi connectivity index (χ3n) is 5.21. The lowest BCUT2D eigenvalue weighted by molar-refractivity contribution is 0.0988. The summed E-state index contributed by atoms with van der Waals surface area (Å²) in [6, 6.07) is 14.6. The topological polar surface area (TPSA) is 78.5 Å². The van der Waals surface area contributed by atoms with E-state index >= 15 is 0 Å². The molecule has 8 heteroatoms. The highest BCUT2D eigenvalue weighted by atomic mass is 32.2. The van der Waals surface area contributed by atoms with E-state index in [1.807, 2.05) is 42.5 Å². The molecule has 2 heterocycles. The molecule has 0 spiro atoms. The molecule has 4 aromatic rings. The lowest BCUT2D eigenvalue weighted by Crippen LogP contribution is -2.23. The summed E-state index contributed by atoms with van der Waals surface area (Å²) in [7, 11) is 1.60. The van der Waals surface area contributed by atoms with Gasteiger partial charge in [0.25, 0.3) is 5.56 Å². The average Bonchev–Trinajstić information content (AvgIpc) is 3.23. The number of fused-ring (bicyclic) bond motifs is 3. The molecule has 4 rings (SSSR count). The zero-order valence-corrected chi connectivity index (χ0v) is 18.6. The van der Waals surface area contributed by atoms with Crippen LogP contribution in [0.3, 0.4) is 0 Å². The summed E-state index contributed by atoms with van der Waals surface area (Å²) in [5.41, 5.74) is 1.30. The summed E-state index contributed by atoms with van der Waals surface area (Å²) in [4.78, 5) is 26.1. The number of Topliss-reactive ketones (excluding diaryl/α,β-unsaturated/α-hetero) is 1. The molecule has 0 bridgehead atoms. The SMILES string of the molecule is CCCn1c(=O)c2ccccc2n2c(SC(CC)C(=O)c3ccc(OC)cc3)nnc12. The molecular weight excluding hydrogens is 412 g/mol. The van der Waals surface area contributed by atoms with Crippen molar-refractivity contribution in [3.63, 3.8) is 0 Å². The van der Waals surface area contributed by atoms with Crippen molar-refractivity contribution in [1.82, 2.24) is 19.2 Å². The molecule has 0 saturated carbocycles. The van der Waals surface area contributed by atoms with Gasteiger partial charge in [0.1, 0.15) is 5.75 Å². The number of hydrogen-bond donors (Lipinski definition) is 0. The van der Waals surface area contributed by atoms with E-state index in [4.69, 9.17) is 4.74 Å². The first-order chi connectivity index (χ1) is 15.1. The summed E-state index contributed by atoms with van der Waals surface area (Å²) in [5.74, 6) is 1.24. The number of aromatic nitrogens is 4. The Morgan fingerprint density at radius 2 is 1.84 bits per heavy atom. The first kappa shape index (κ1) is 21.1. The minimum absolute atomic E-state index is 0.0260. The highest BCUT2D eigenvalue weighted by Crippen LogP contribution is 2.29. The molecule has 160 valence electrons. The molecule has 2 aromatic carbocycles. The van der Waals surface area contributed by atoms with Gasteiger partial charge in [-0.25, -0.2) is 0 Å². The summed E-state index contributed by atoms with van der Waals surface area (Å²) in [6.07, 6.45) is 1.44. The van der Waals surface area contributed by atoms with E-state index in [1.54, 1.807) is 35.9 Å². The number of benzene rings is 2. The van der Waals surface area contributed by atoms with Gasteiger partial charge in [-0.1, -0.05) is 37.7 Å². The maximum atomic E-state index is 13.2. The van der Waals surface area contributed by atoms with Crippen LogP contribution in [-0.4, -0.2) is 37.3 Å². The van der Waals surface area contributed by atoms with Crippen LogP contribution in [-0.2, 0) is 6.54 Å². The molecule has 0 aliphatic heterocycles. The number of methoxy groups -OCH3 is 1. The van der Waals surface area contributed by atoms with E-state index in [0.717, 1.165) is 11.9 Å². The number of thioether (sulfide) groups is 1. The Morgan fingerprint density at radius 1 is 1.10 bits per heavy atom. The van der Waals surface area contributed by atoms with E-state index in [0.29, 0.717) is 40.6 Å². The van der Waals surface area contributed by atoms with Crippen molar-refractivity contribution in [1.29, 1.82) is 0 Å². The van der Waals surface area contributed by atoms with E-state index in [2.05, 4.69) is 10.2 Å². The zero-order chi connectivity index (χ0) is 22.0. The smallest absolute Gasteiger partial charge is 0.262 e. The second-order valence-electron chi connectivity index (χ2n) is 7.20. The van der Waals surface area contributed by atoms with Crippen molar-refractivity contribution >= 4 is 34.2 Å². The Hall–Kier alpha value is -3.13. The highest BCUT2D eigenvalue weighted by Gasteiger charge is 2.24. The number of para-hydroxylation sites is 1. The lowest BCUT2D eigenvalue weighted by atomic mass is 10.1. The van der Waals surface area contributed by atoms with E-state index in [1.165, 1.54) is 11.8 Å². The van der Waals surface area contributed by atoms with Crippen LogP contribution in [0, 0.1) is 0 Å². The lowest BCUT2D eigenvalue weighted by Gasteiger charge is -2.14. The number of ketones is 1. The van der Waals surface area contributed by atoms with E-state index < -0.39 is 0 Å². The molecule has 0 aliphatic carbocycles. The van der Waals surface area contributed by atoms with Crippen LogP contribution < -0.4 is 10.3 Å². The zero-order valence-electron chi connectivity index (χ0n) is 17.7. The number of ether oxygens (including phenoxy) is 1. The van der Waals surface area contributed by atoms with Gasteiger partial charge < -0.3 is 4.74 Å². The molecule has 0 amide bonds. The Labute approximate surface area is 184 Å². The molecule has 0 fully saturated rings. The van der Waals surface area contributed by atoms with Crippen molar-refractivity contribution in [2.75, 3.05) is 7.11 Å². The molecule has 7 nitrogen and oxygen atoms in total. The largest absolute Gasteiger partial charge is 0.497 e. The Balaban J connectivity index is 1.78. The minimum atomic E-state index is -0.328. The average molecular weight is 437 g/mol. The molecular formula is C23H24N4O3S. The number of carbonyl (C=O) groups is 1. The van der Waals surface area contributed by atoms with E-state index in [-0.39, 0.29) is 16.6 Å². The van der Waals surface area contributed by atoms with E-state index in [9.17, 15) is 9.59 Å². The van der Waals surface area contributed by atoms with Crippen LogP contribution in [0.15, 0.2) is 58.5 Å². The molecule has 1 atom stereocenters. The van der Waals surface area contributed by atoms with Gasteiger partial charge in [-0.3, -0.25) is 18.6 Å². The molecule has 0 N–H and O–H groups in total. The standard InChI is InChI=1S/C23H24N4O3S/c1-4-14-26-21(29)17-8-6-7-9-18(17)27-22(26)24-25-23(27)31-19(5-2)20(28)15-10-12-16(30-3)13-11-15/h6-13,19H,4-5,14H2,1-3H3. The van der Waals surface area contributed by atoms with Gasteiger partial charge in [0.2, 0.25) is 5.78 Å². The van der Waals surface area contributed by atoms with Gasteiger partial charge in [-0.05, 0) is 49.2 Å². The van der Waals surface area contributed by atoms with Crippen LogP contribution in [0.1, 0.15) is 37.0 Å². The third-order valence-corrected chi connectivity index (χ3v) is 6.52. The monoisotopic (exact) mass is 436 g/mol. The Bertz CT molecular complexity index is 1290. The van der Waals surface area contributed by atoms with Crippen molar-refractivity contribution in [3.05, 3.63) is 64.4 Å². The fraction of sp³-hybridized carbons (Fsp3) is 0.304. The van der Waals surface area contributed by atoms with Crippen molar-refractivity contribution < 1.29 is 9.53 Å². The molecule has 0 aliphatic rings. The van der Waals surface area contributed by atoms with Crippen LogP contribution in [0.5, 0.6) is 5.75 Å². The predicted octanol–water partition coefficient (Wildman–Crippen LogP) is 4.22. The second kappa shape index (κ2) is 8.93. The van der Waals surface area contributed by atoms with Gasteiger partial charge in [0.05, 0.1) is 23.3 Å². The quantitative estimate of drug-likeness (QED) is 0.304. The summed E-state index contributed by atoms with van der Waals surface area (Å²) < 4.78 is 8.73. The highest BCUT2D eigenvalue weighted by molar-refractivity contribution is 8.00. The van der Waals surface area contributed by atoms with Gasteiger partial charge in [-0.2, -0.15) is 0 Å². The Kier molecular flexibility index (Phi) is 6.08. The van der Waals surface area contributed by atoms with Crippen molar-refractivity contribution in [2.45, 2.75) is 43.6 Å². The van der Waals surface area contributed by atoms with Gasteiger partial charge in [0, 0.05) is 12.1 Å². The number of nitrogens with zero attached hydrogens (tertiary/aromatic N) is 4. The third kappa shape index (κ3) is 3.83. The first-order valence-corrected chi connectivity index (χ1v) is 11.2. The van der Waals surface area contributed by atoms with Gasteiger partial charge in [0.15, 0.2) is 10.9 Å². The summed E-state index contributed by atoms with van der Waals surface area (Å²) in [5, 5.41) is 9.57. The summed E-state index contributed by atoms with van der Waals surface area (Å²) in [6.45, 7) is 4.55. The van der Waals surface area contributed by atoms with Crippen molar-refractivity contribution in [3.8, 4) is 5.75 Å². The summed E-state index contributed by atoms with van der Waals surface area (Å²) >= 11 is 1.38.